The summed E-state index contributed by atoms with van der Waals surface area (Å²) in [5.74, 6) is 1.32. The molecule has 0 spiro atoms. The molecule has 0 aromatic heterocycles. The molecule has 0 amide bonds. The molecular formula is C14H20N2O4. The number of ether oxygens (including phenoxy) is 3. The van der Waals surface area contributed by atoms with Gasteiger partial charge < -0.3 is 19.4 Å². The van der Waals surface area contributed by atoms with Crippen molar-refractivity contribution in [2.45, 2.75) is 0 Å². The second kappa shape index (κ2) is 7.72. The average molecular weight is 280 g/mol. The Labute approximate surface area is 118 Å². The molecule has 0 unspecified atom stereocenters. The highest BCUT2D eigenvalue weighted by molar-refractivity contribution is 5.80. The van der Waals surface area contributed by atoms with E-state index < -0.39 is 0 Å². The normalized spacial score (nSPS) is 16.4. The van der Waals surface area contributed by atoms with E-state index in [1.807, 2.05) is 0 Å². The lowest BCUT2D eigenvalue weighted by molar-refractivity contribution is 0.0321. The van der Waals surface area contributed by atoms with Crippen LogP contribution in [0.1, 0.15) is 5.56 Å². The lowest BCUT2D eigenvalue weighted by Gasteiger charge is -2.26. The van der Waals surface area contributed by atoms with Gasteiger partial charge in [-0.15, -0.1) is 0 Å². The van der Waals surface area contributed by atoms with E-state index >= 15 is 0 Å². The van der Waals surface area contributed by atoms with Gasteiger partial charge in [-0.25, -0.2) is 0 Å². The Morgan fingerprint density at radius 2 is 2.15 bits per heavy atom. The summed E-state index contributed by atoms with van der Waals surface area (Å²) in [6.07, 6.45) is 1.36. The van der Waals surface area contributed by atoms with Gasteiger partial charge in [-0.3, -0.25) is 4.90 Å². The topological polar surface area (TPSA) is 63.5 Å². The summed E-state index contributed by atoms with van der Waals surface area (Å²) >= 11 is 0. The van der Waals surface area contributed by atoms with Crippen LogP contribution in [0.25, 0.3) is 0 Å². The maximum atomic E-state index is 8.56. The second-order valence-electron chi connectivity index (χ2n) is 4.46. The van der Waals surface area contributed by atoms with Gasteiger partial charge in [-0.05, 0) is 18.2 Å². The minimum Gasteiger partial charge on any atom is -0.493 e. The standard InChI is InChI=1S/C14H20N2O4/c1-18-13-3-2-12(11-15-17)10-14(13)20-9-6-16-4-7-19-8-5-16/h2-3,10-11,17H,4-9H2,1H3. The highest BCUT2D eigenvalue weighted by Gasteiger charge is 2.11. The highest BCUT2D eigenvalue weighted by Crippen LogP contribution is 2.27. The molecule has 20 heavy (non-hydrogen) atoms. The summed E-state index contributed by atoms with van der Waals surface area (Å²) in [5.41, 5.74) is 0.759. The Morgan fingerprint density at radius 3 is 2.85 bits per heavy atom. The van der Waals surface area contributed by atoms with Crippen molar-refractivity contribution in [2.75, 3.05) is 46.6 Å². The molecule has 6 nitrogen and oxygen atoms in total. The third-order valence-corrected chi connectivity index (χ3v) is 3.16. The smallest absolute Gasteiger partial charge is 0.161 e. The first-order valence-corrected chi connectivity index (χ1v) is 6.62. The number of rotatable bonds is 6. The van der Waals surface area contributed by atoms with Gasteiger partial charge in [-0.1, -0.05) is 5.16 Å². The number of nitrogens with zero attached hydrogens (tertiary/aromatic N) is 2. The van der Waals surface area contributed by atoms with Gasteiger partial charge in [0, 0.05) is 25.2 Å². The molecule has 1 heterocycles. The molecule has 110 valence electrons. The molecule has 0 atom stereocenters. The van der Waals surface area contributed by atoms with Gasteiger partial charge in [-0.2, -0.15) is 0 Å². The molecule has 6 heteroatoms. The van der Waals surface area contributed by atoms with Crippen LogP contribution in [0.2, 0.25) is 0 Å². The van der Waals surface area contributed by atoms with E-state index in [1.165, 1.54) is 6.21 Å². The number of methoxy groups -OCH3 is 1. The van der Waals surface area contributed by atoms with Crippen LogP contribution >= 0.6 is 0 Å². The fraction of sp³-hybridized carbons (Fsp3) is 0.500. The Morgan fingerprint density at radius 1 is 1.35 bits per heavy atom. The lowest BCUT2D eigenvalue weighted by atomic mass is 10.2. The summed E-state index contributed by atoms with van der Waals surface area (Å²) in [5, 5.41) is 11.6. The minimum absolute atomic E-state index is 0.579. The number of benzene rings is 1. The molecular weight excluding hydrogens is 260 g/mol. The highest BCUT2D eigenvalue weighted by atomic mass is 16.5. The maximum absolute atomic E-state index is 8.56. The van der Waals surface area contributed by atoms with Crippen molar-refractivity contribution in [3.63, 3.8) is 0 Å². The van der Waals surface area contributed by atoms with Crippen molar-refractivity contribution in [1.82, 2.24) is 4.90 Å². The van der Waals surface area contributed by atoms with Gasteiger partial charge in [0.2, 0.25) is 0 Å². The molecule has 1 saturated heterocycles. The van der Waals surface area contributed by atoms with Crippen LogP contribution in [0.15, 0.2) is 23.4 Å². The van der Waals surface area contributed by atoms with Crippen molar-refractivity contribution in [3.05, 3.63) is 23.8 Å². The van der Waals surface area contributed by atoms with Crippen LogP contribution in [0, 0.1) is 0 Å². The van der Waals surface area contributed by atoms with Crippen LogP contribution in [0.5, 0.6) is 11.5 Å². The molecule has 0 bridgehead atoms. The van der Waals surface area contributed by atoms with Gasteiger partial charge in [0.25, 0.3) is 0 Å². The molecule has 1 aliphatic heterocycles. The number of hydrogen-bond acceptors (Lipinski definition) is 6. The zero-order valence-electron chi connectivity index (χ0n) is 11.6. The predicted molar refractivity (Wildman–Crippen MR) is 75.1 cm³/mol. The second-order valence-corrected chi connectivity index (χ2v) is 4.46. The summed E-state index contributed by atoms with van der Waals surface area (Å²) in [6.45, 7) is 4.88. The maximum Gasteiger partial charge on any atom is 0.161 e. The molecule has 1 aromatic carbocycles. The van der Waals surface area contributed by atoms with E-state index in [2.05, 4.69) is 10.1 Å². The van der Waals surface area contributed by atoms with Gasteiger partial charge in [0.15, 0.2) is 11.5 Å². The summed E-state index contributed by atoms with van der Waals surface area (Å²) in [4.78, 5) is 2.30. The molecule has 1 N–H and O–H groups in total. The predicted octanol–water partition coefficient (Wildman–Crippen LogP) is 1.21. The molecule has 0 radical (unpaired) electrons. The van der Waals surface area contributed by atoms with E-state index in [0.717, 1.165) is 38.4 Å². The quantitative estimate of drug-likeness (QED) is 0.482. The molecule has 1 aliphatic rings. The zero-order chi connectivity index (χ0) is 14.2. The molecule has 0 aliphatic carbocycles. The van der Waals surface area contributed by atoms with Crippen molar-refractivity contribution in [3.8, 4) is 11.5 Å². The molecule has 1 fully saturated rings. The third kappa shape index (κ3) is 4.11. The SMILES string of the molecule is COc1ccc(C=NO)cc1OCCN1CCOCC1. The van der Waals surface area contributed by atoms with Crippen LogP contribution in [-0.4, -0.2) is 62.9 Å². The molecule has 2 rings (SSSR count). The van der Waals surface area contributed by atoms with E-state index in [9.17, 15) is 0 Å². The van der Waals surface area contributed by atoms with Crippen LogP contribution in [0.3, 0.4) is 0 Å². The van der Waals surface area contributed by atoms with E-state index in [0.29, 0.717) is 18.1 Å². The van der Waals surface area contributed by atoms with Gasteiger partial charge >= 0.3 is 0 Å². The molecule has 0 saturated carbocycles. The summed E-state index contributed by atoms with van der Waals surface area (Å²) in [6, 6.07) is 5.38. The first-order valence-electron chi connectivity index (χ1n) is 6.62. The Hall–Kier alpha value is -1.79. The van der Waals surface area contributed by atoms with E-state index in [4.69, 9.17) is 19.4 Å². The largest absolute Gasteiger partial charge is 0.493 e. The monoisotopic (exact) mass is 280 g/mol. The van der Waals surface area contributed by atoms with Crippen molar-refractivity contribution >= 4 is 6.21 Å². The number of morpholine rings is 1. The first-order chi connectivity index (χ1) is 9.83. The lowest BCUT2D eigenvalue weighted by Crippen LogP contribution is -2.38. The fourth-order valence-corrected chi connectivity index (χ4v) is 2.06. The van der Waals surface area contributed by atoms with Crippen molar-refractivity contribution in [1.29, 1.82) is 0 Å². The van der Waals surface area contributed by atoms with E-state index in [1.54, 1.807) is 25.3 Å². The van der Waals surface area contributed by atoms with Crippen LogP contribution < -0.4 is 9.47 Å². The third-order valence-electron chi connectivity index (χ3n) is 3.16. The Kier molecular flexibility index (Phi) is 5.64. The minimum atomic E-state index is 0.579. The first kappa shape index (κ1) is 14.6. The summed E-state index contributed by atoms with van der Waals surface area (Å²) in [7, 11) is 1.60. The van der Waals surface area contributed by atoms with Crippen molar-refractivity contribution in [2.24, 2.45) is 5.16 Å². The average Bonchev–Trinajstić information content (AvgIpc) is 2.49. The van der Waals surface area contributed by atoms with E-state index in [-0.39, 0.29) is 0 Å². The number of oxime groups is 1. The zero-order valence-corrected chi connectivity index (χ0v) is 11.6. The van der Waals surface area contributed by atoms with Crippen LogP contribution in [-0.2, 0) is 4.74 Å². The Balaban J connectivity index is 1.91. The van der Waals surface area contributed by atoms with Gasteiger partial charge in [0.05, 0.1) is 26.5 Å². The molecule has 1 aromatic rings. The number of hydrogen-bond donors (Lipinski definition) is 1. The van der Waals surface area contributed by atoms with Crippen LogP contribution in [0.4, 0.5) is 0 Å². The fourth-order valence-electron chi connectivity index (χ4n) is 2.06. The summed E-state index contributed by atoms with van der Waals surface area (Å²) < 4.78 is 16.3. The van der Waals surface area contributed by atoms with Gasteiger partial charge in [0.1, 0.15) is 6.61 Å². The Bertz CT molecular complexity index is 445. The van der Waals surface area contributed by atoms with Crippen molar-refractivity contribution < 1.29 is 19.4 Å².